The van der Waals surface area contributed by atoms with Crippen LogP contribution in [0.5, 0.6) is 0 Å². The summed E-state index contributed by atoms with van der Waals surface area (Å²) in [4.78, 5) is 29.1. The van der Waals surface area contributed by atoms with Gasteiger partial charge in [-0.3, -0.25) is 14.6 Å². The Morgan fingerprint density at radius 1 is 1.08 bits per heavy atom. The van der Waals surface area contributed by atoms with E-state index in [1.165, 1.54) is 0 Å². The van der Waals surface area contributed by atoms with Gasteiger partial charge in [-0.05, 0) is 50.7 Å². The van der Waals surface area contributed by atoms with Crippen molar-refractivity contribution in [3.8, 4) is 6.07 Å². The van der Waals surface area contributed by atoms with E-state index in [4.69, 9.17) is 0 Å². The molecule has 0 saturated heterocycles. The number of pyridine rings is 1. The summed E-state index contributed by atoms with van der Waals surface area (Å²) in [6.45, 7) is 0. The average molecular weight is 339 g/mol. The van der Waals surface area contributed by atoms with Crippen LogP contribution in [0.15, 0.2) is 24.4 Å². The van der Waals surface area contributed by atoms with E-state index in [1.807, 2.05) is 0 Å². The first-order valence-corrected chi connectivity index (χ1v) is 9.33. The average Bonchev–Trinajstić information content (AvgIpc) is 3.19. The maximum atomic E-state index is 12.7. The number of rotatable bonds is 5. The molecule has 1 atom stereocenters. The van der Waals surface area contributed by atoms with Crippen molar-refractivity contribution < 1.29 is 9.59 Å². The Bertz CT molecular complexity index is 639. The lowest BCUT2D eigenvalue weighted by atomic mass is 9.79. The zero-order valence-corrected chi connectivity index (χ0v) is 14.5. The van der Waals surface area contributed by atoms with Gasteiger partial charge in [-0.15, -0.1) is 0 Å². The Kier molecular flexibility index (Phi) is 5.80. The number of carbonyl (C=O) groups excluding carboxylic acids is 2. The molecule has 25 heavy (non-hydrogen) atoms. The van der Waals surface area contributed by atoms with Gasteiger partial charge >= 0.3 is 0 Å². The third-order valence-electron chi connectivity index (χ3n) is 5.60. The molecule has 1 N–H and O–H groups in total. The van der Waals surface area contributed by atoms with E-state index in [9.17, 15) is 14.9 Å². The van der Waals surface area contributed by atoms with Gasteiger partial charge in [-0.1, -0.05) is 18.9 Å². The number of Topliss-reactive ketones (excluding diaryl/α,β-unsaturated/α-hetero) is 1. The van der Waals surface area contributed by atoms with Gasteiger partial charge in [0, 0.05) is 24.1 Å². The summed E-state index contributed by atoms with van der Waals surface area (Å²) in [6.07, 6.45) is 9.04. The molecule has 1 amide bonds. The van der Waals surface area contributed by atoms with Gasteiger partial charge in [0.2, 0.25) is 5.91 Å². The second-order valence-corrected chi connectivity index (χ2v) is 7.26. The quantitative estimate of drug-likeness (QED) is 0.893. The van der Waals surface area contributed by atoms with Crippen molar-refractivity contribution in [2.24, 2.45) is 11.8 Å². The first kappa shape index (κ1) is 17.6. The van der Waals surface area contributed by atoms with Crippen LogP contribution < -0.4 is 5.32 Å². The van der Waals surface area contributed by atoms with Crippen LogP contribution in [-0.2, 0) is 9.59 Å². The third kappa shape index (κ3) is 4.25. The highest BCUT2D eigenvalue weighted by molar-refractivity contribution is 5.90. The Hall–Kier alpha value is -2.22. The number of ketones is 1. The smallest absolute Gasteiger partial charge is 0.223 e. The molecular formula is C20H25N3O2. The number of aromatic nitrogens is 1. The zero-order chi connectivity index (χ0) is 17.6. The molecule has 2 aliphatic rings. The fraction of sp³-hybridized carbons (Fsp3) is 0.600. The number of hydrogen-bond acceptors (Lipinski definition) is 4. The normalized spacial score (nSPS) is 25.1. The largest absolute Gasteiger partial charge is 0.353 e. The molecule has 1 heterocycles. The fourth-order valence-corrected chi connectivity index (χ4v) is 4.09. The van der Waals surface area contributed by atoms with Crippen molar-refractivity contribution in [3.63, 3.8) is 0 Å². The highest BCUT2D eigenvalue weighted by Gasteiger charge is 2.33. The van der Waals surface area contributed by atoms with E-state index >= 15 is 0 Å². The summed E-state index contributed by atoms with van der Waals surface area (Å²) in [5, 5.41) is 12.6. The lowest BCUT2D eigenvalue weighted by Gasteiger charge is -2.29. The van der Waals surface area contributed by atoms with Gasteiger partial charge < -0.3 is 5.32 Å². The number of nitriles is 1. The molecule has 0 radical (unpaired) electrons. The Morgan fingerprint density at radius 2 is 1.80 bits per heavy atom. The minimum absolute atomic E-state index is 0.0261. The van der Waals surface area contributed by atoms with Gasteiger partial charge in [0.1, 0.15) is 5.92 Å². The van der Waals surface area contributed by atoms with Crippen LogP contribution in [-0.4, -0.2) is 22.7 Å². The lowest BCUT2D eigenvalue weighted by Crippen LogP contribution is -2.41. The number of hydrogen-bond donors (Lipinski definition) is 1. The maximum Gasteiger partial charge on any atom is 0.223 e. The van der Waals surface area contributed by atoms with Crippen molar-refractivity contribution in [3.05, 3.63) is 30.1 Å². The first-order valence-electron chi connectivity index (χ1n) is 9.33. The standard InChI is InChI=1S/C20H25N3O2/c21-13-17(18-7-3-4-12-22-18)19(24)14-8-10-16(11-9-14)23-20(25)15-5-1-2-6-15/h3-4,7,12,14-17H,1-2,5-6,8-11H2,(H,23,25)/t14?,16?,17-/m1/s1. The van der Waals surface area contributed by atoms with Gasteiger partial charge in [0.15, 0.2) is 5.78 Å². The summed E-state index contributed by atoms with van der Waals surface area (Å²) in [5.74, 6) is -0.536. The van der Waals surface area contributed by atoms with Gasteiger partial charge in [0.05, 0.1) is 11.8 Å². The van der Waals surface area contributed by atoms with Crippen LogP contribution in [0.2, 0.25) is 0 Å². The van der Waals surface area contributed by atoms with Crippen molar-refractivity contribution in [2.45, 2.75) is 63.3 Å². The lowest BCUT2D eigenvalue weighted by molar-refractivity contribution is -0.126. The maximum absolute atomic E-state index is 12.7. The predicted molar refractivity (Wildman–Crippen MR) is 93.4 cm³/mol. The molecule has 0 aliphatic heterocycles. The second kappa shape index (κ2) is 8.24. The number of nitrogens with one attached hydrogen (secondary N) is 1. The minimum atomic E-state index is -0.782. The van der Waals surface area contributed by atoms with Crippen LogP contribution in [0.4, 0.5) is 0 Å². The molecule has 3 rings (SSSR count). The van der Waals surface area contributed by atoms with Gasteiger partial charge in [-0.2, -0.15) is 5.26 Å². The summed E-state index contributed by atoms with van der Waals surface area (Å²) in [6, 6.07) is 7.60. The van der Waals surface area contributed by atoms with Gasteiger partial charge in [0.25, 0.3) is 0 Å². The van der Waals surface area contributed by atoms with Crippen LogP contribution >= 0.6 is 0 Å². The molecule has 0 bridgehead atoms. The van der Waals surface area contributed by atoms with E-state index in [-0.39, 0.29) is 29.6 Å². The second-order valence-electron chi connectivity index (χ2n) is 7.26. The number of carbonyl (C=O) groups is 2. The van der Waals surface area contributed by atoms with E-state index < -0.39 is 5.92 Å². The summed E-state index contributed by atoms with van der Waals surface area (Å²) in [7, 11) is 0. The van der Waals surface area contributed by atoms with E-state index in [0.29, 0.717) is 5.69 Å². The van der Waals surface area contributed by atoms with Crippen molar-refractivity contribution in [2.75, 3.05) is 0 Å². The highest BCUT2D eigenvalue weighted by atomic mass is 16.2. The molecule has 132 valence electrons. The topological polar surface area (TPSA) is 82.9 Å². The predicted octanol–water partition coefficient (Wildman–Crippen LogP) is 3.12. The molecule has 0 unspecified atom stereocenters. The SMILES string of the molecule is N#C[C@@H](C(=O)C1CCC(NC(=O)C2CCCC2)CC1)c1ccccn1. The highest BCUT2D eigenvalue weighted by Crippen LogP contribution is 2.31. The molecule has 5 nitrogen and oxygen atoms in total. The Morgan fingerprint density at radius 3 is 2.40 bits per heavy atom. The van der Waals surface area contributed by atoms with Crippen molar-refractivity contribution in [1.82, 2.24) is 10.3 Å². The molecule has 2 aliphatic carbocycles. The molecule has 5 heteroatoms. The van der Waals surface area contributed by atoms with E-state index in [1.54, 1.807) is 24.4 Å². The number of nitrogens with zero attached hydrogens (tertiary/aromatic N) is 2. The molecule has 2 fully saturated rings. The summed E-state index contributed by atoms with van der Waals surface area (Å²) >= 11 is 0. The van der Waals surface area contributed by atoms with E-state index in [2.05, 4.69) is 16.4 Å². The third-order valence-corrected chi connectivity index (χ3v) is 5.60. The Balaban J connectivity index is 1.52. The molecule has 0 spiro atoms. The van der Waals surface area contributed by atoms with E-state index in [0.717, 1.165) is 51.4 Å². The molecular weight excluding hydrogens is 314 g/mol. The van der Waals surface area contributed by atoms with Crippen molar-refractivity contribution >= 4 is 11.7 Å². The molecule has 1 aromatic heterocycles. The molecule has 2 saturated carbocycles. The first-order chi connectivity index (χ1) is 12.2. The summed E-state index contributed by atoms with van der Waals surface area (Å²) < 4.78 is 0. The van der Waals surface area contributed by atoms with Crippen LogP contribution in [0.3, 0.4) is 0 Å². The monoisotopic (exact) mass is 339 g/mol. The molecule has 1 aromatic rings. The molecule has 0 aromatic carbocycles. The number of amides is 1. The van der Waals surface area contributed by atoms with Gasteiger partial charge in [-0.25, -0.2) is 0 Å². The van der Waals surface area contributed by atoms with Crippen LogP contribution in [0.25, 0.3) is 0 Å². The Labute approximate surface area is 148 Å². The zero-order valence-electron chi connectivity index (χ0n) is 14.5. The fourth-order valence-electron chi connectivity index (χ4n) is 4.09. The summed E-state index contributed by atoms with van der Waals surface area (Å²) in [5.41, 5.74) is 0.534. The van der Waals surface area contributed by atoms with Crippen LogP contribution in [0, 0.1) is 23.2 Å². The minimum Gasteiger partial charge on any atom is -0.353 e. The van der Waals surface area contributed by atoms with Crippen molar-refractivity contribution in [1.29, 1.82) is 5.26 Å². The van der Waals surface area contributed by atoms with Crippen LogP contribution in [0.1, 0.15) is 63.0 Å².